The summed E-state index contributed by atoms with van der Waals surface area (Å²) in [4.78, 5) is 16.6. The Morgan fingerprint density at radius 3 is 2.48 bits per heavy atom. The fourth-order valence-corrected chi connectivity index (χ4v) is 3.52. The molecule has 0 bridgehead atoms. The zero-order valence-electron chi connectivity index (χ0n) is 14.3. The predicted octanol–water partition coefficient (Wildman–Crippen LogP) is 4.10. The number of halogens is 1. The first kappa shape index (κ1) is 18.9. The number of amides is 1. The molecule has 0 unspecified atom stereocenters. The van der Waals surface area contributed by atoms with Crippen LogP contribution in [-0.4, -0.2) is 19.3 Å². The van der Waals surface area contributed by atoms with Crippen molar-refractivity contribution >= 4 is 39.0 Å². The standard InChI is InChI=1S/C19H16ClN3O3S/c1-13-9-10-21-18(11-13)22-19(24)14-3-2-4-16(12-14)23-27(25,26)17-7-5-15(20)6-8-17/h2-12,23H,1H3,(H,21,22,24). The van der Waals surface area contributed by atoms with E-state index in [-0.39, 0.29) is 16.5 Å². The summed E-state index contributed by atoms with van der Waals surface area (Å²) >= 11 is 5.79. The van der Waals surface area contributed by atoms with Crippen LogP contribution in [0.1, 0.15) is 15.9 Å². The average Bonchev–Trinajstić information content (AvgIpc) is 2.62. The molecular formula is C19H16ClN3O3S. The number of aromatic nitrogens is 1. The minimum atomic E-state index is -3.79. The molecule has 0 radical (unpaired) electrons. The summed E-state index contributed by atoms with van der Waals surface area (Å²) in [5, 5.41) is 3.13. The molecule has 0 aliphatic rings. The minimum Gasteiger partial charge on any atom is -0.307 e. The van der Waals surface area contributed by atoms with Crippen molar-refractivity contribution in [3.8, 4) is 0 Å². The van der Waals surface area contributed by atoms with Gasteiger partial charge in [-0.05, 0) is 67.1 Å². The van der Waals surface area contributed by atoms with E-state index in [1.54, 1.807) is 30.5 Å². The van der Waals surface area contributed by atoms with Crippen molar-refractivity contribution in [2.24, 2.45) is 0 Å². The quantitative estimate of drug-likeness (QED) is 0.673. The topological polar surface area (TPSA) is 88.2 Å². The Morgan fingerprint density at radius 1 is 1.04 bits per heavy atom. The molecule has 0 aliphatic heterocycles. The lowest BCUT2D eigenvalue weighted by atomic mass is 10.2. The van der Waals surface area contributed by atoms with Gasteiger partial charge >= 0.3 is 0 Å². The number of nitrogens with one attached hydrogen (secondary N) is 2. The second-order valence-electron chi connectivity index (χ2n) is 5.81. The maximum Gasteiger partial charge on any atom is 0.261 e. The van der Waals surface area contributed by atoms with Crippen molar-refractivity contribution in [3.63, 3.8) is 0 Å². The van der Waals surface area contributed by atoms with Gasteiger partial charge in [0, 0.05) is 22.5 Å². The van der Waals surface area contributed by atoms with Crippen LogP contribution in [0.4, 0.5) is 11.5 Å². The molecule has 27 heavy (non-hydrogen) atoms. The maximum absolute atomic E-state index is 12.5. The lowest BCUT2D eigenvalue weighted by molar-refractivity contribution is 0.102. The average molecular weight is 402 g/mol. The molecule has 3 aromatic rings. The number of nitrogens with zero attached hydrogens (tertiary/aromatic N) is 1. The summed E-state index contributed by atoms with van der Waals surface area (Å²) in [6.07, 6.45) is 1.60. The van der Waals surface area contributed by atoms with E-state index >= 15 is 0 Å². The van der Waals surface area contributed by atoms with E-state index in [2.05, 4.69) is 15.0 Å². The Bertz CT molecular complexity index is 1080. The molecule has 0 aliphatic carbocycles. The Balaban J connectivity index is 1.79. The van der Waals surface area contributed by atoms with Crippen LogP contribution in [0.15, 0.2) is 71.8 Å². The van der Waals surface area contributed by atoms with Crippen LogP contribution in [0.3, 0.4) is 0 Å². The third-order valence-electron chi connectivity index (χ3n) is 3.66. The van der Waals surface area contributed by atoms with Gasteiger partial charge in [0.1, 0.15) is 5.82 Å². The third-order valence-corrected chi connectivity index (χ3v) is 5.31. The predicted molar refractivity (Wildman–Crippen MR) is 106 cm³/mol. The van der Waals surface area contributed by atoms with E-state index in [1.807, 2.05) is 13.0 Å². The monoisotopic (exact) mass is 401 g/mol. The Kier molecular flexibility index (Phi) is 5.43. The SMILES string of the molecule is Cc1ccnc(NC(=O)c2cccc(NS(=O)(=O)c3ccc(Cl)cc3)c2)c1. The van der Waals surface area contributed by atoms with Crippen molar-refractivity contribution in [2.75, 3.05) is 10.0 Å². The molecule has 1 amide bonds. The summed E-state index contributed by atoms with van der Waals surface area (Å²) in [7, 11) is -3.79. The molecule has 2 aromatic carbocycles. The Morgan fingerprint density at radius 2 is 1.78 bits per heavy atom. The highest BCUT2D eigenvalue weighted by Gasteiger charge is 2.15. The summed E-state index contributed by atoms with van der Waals surface area (Å²) in [6.45, 7) is 1.89. The number of carbonyl (C=O) groups is 1. The summed E-state index contributed by atoms with van der Waals surface area (Å²) < 4.78 is 27.4. The molecule has 1 heterocycles. The number of anilines is 2. The van der Waals surface area contributed by atoms with Crippen molar-refractivity contribution in [1.82, 2.24) is 4.98 Å². The fourth-order valence-electron chi connectivity index (χ4n) is 2.34. The lowest BCUT2D eigenvalue weighted by Crippen LogP contribution is -2.15. The van der Waals surface area contributed by atoms with E-state index in [0.29, 0.717) is 16.4 Å². The van der Waals surface area contributed by atoms with Crippen molar-refractivity contribution in [1.29, 1.82) is 0 Å². The maximum atomic E-state index is 12.5. The number of rotatable bonds is 5. The van der Waals surface area contributed by atoms with Crippen LogP contribution in [0.25, 0.3) is 0 Å². The van der Waals surface area contributed by atoms with E-state index in [9.17, 15) is 13.2 Å². The first-order valence-corrected chi connectivity index (χ1v) is 9.82. The molecule has 3 rings (SSSR count). The molecule has 8 heteroatoms. The first-order chi connectivity index (χ1) is 12.8. The summed E-state index contributed by atoms with van der Waals surface area (Å²) in [5.41, 5.74) is 1.54. The van der Waals surface area contributed by atoms with Crippen LogP contribution in [0.2, 0.25) is 5.02 Å². The first-order valence-electron chi connectivity index (χ1n) is 7.96. The minimum absolute atomic E-state index is 0.0747. The highest BCUT2D eigenvalue weighted by molar-refractivity contribution is 7.92. The van der Waals surface area contributed by atoms with Gasteiger partial charge in [-0.25, -0.2) is 13.4 Å². The van der Waals surface area contributed by atoms with Gasteiger partial charge in [0.2, 0.25) is 0 Å². The van der Waals surface area contributed by atoms with E-state index in [0.717, 1.165) is 5.56 Å². The van der Waals surface area contributed by atoms with Crippen molar-refractivity contribution in [3.05, 3.63) is 83.0 Å². The highest BCUT2D eigenvalue weighted by atomic mass is 35.5. The number of benzene rings is 2. The molecule has 2 N–H and O–H groups in total. The normalized spacial score (nSPS) is 11.0. The molecular weight excluding hydrogens is 386 g/mol. The number of hydrogen-bond acceptors (Lipinski definition) is 4. The van der Waals surface area contributed by atoms with Crippen LogP contribution in [0, 0.1) is 6.92 Å². The van der Waals surface area contributed by atoms with Gasteiger partial charge in [-0.1, -0.05) is 17.7 Å². The van der Waals surface area contributed by atoms with Gasteiger partial charge in [0.15, 0.2) is 0 Å². The third kappa shape index (κ3) is 4.84. The van der Waals surface area contributed by atoms with E-state index in [1.165, 1.54) is 30.3 Å². The van der Waals surface area contributed by atoms with Crippen molar-refractivity contribution < 1.29 is 13.2 Å². The highest BCUT2D eigenvalue weighted by Crippen LogP contribution is 2.19. The summed E-state index contributed by atoms with van der Waals surface area (Å²) in [5.74, 6) is 0.0350. The molecule has 0 saturated carbocycles. The Hall–Kier alpha value is -2.90. The van der Waals surface area contributed by atoms with Crippen LogP contribution >= 0.6 is 11.6 Å². The number of hydrogen-bond donors (Lipinski definition) is 2. The van der Waals surface area contributed by atoms with Crippen LogP contribution < -0.4 is 10.0 Å². The van der Waals surface area contributed by atoms with Crippen molar-refractivity contribution in [2.45, 2.75) is 11.8 Å². The number of pyridine rings is 1. The zero-order chi connectivity index (χ0) is 19.4. The van der Waals surface area contributed by atoms with Gasteiger partial charge in [-0.3, -0.25) is 9.52 Å². The molecule has 6 nitrogen and oxygen atoms in total. The molecule has 0 atom stereocenters. The van der Waals surface area contributed by atoms with Crippen LogP contribution in [0.5, 0.6) is 0 Å². The second-order valence-corrected chi connectivity index (χ2v) is 7.93. The molecule has 138 valence electrons. The lowest BCUT2D eigenvalue weighted by Gasteiger charge is -2.10. The summed E-state index contributed by atoms with van der Waals surface area (Å²) in [6, 6.07) is 15.6. The van der Waals surface area contributed by atoms with Gasteiger partial charge in [-0.15, -0.1) is 0 Å². The molecule has 0 spiro atoms. The van der Waals surface area contributed by atoms with E-state index in [4.69, 9.17) is 11.6 Å². The fraction of sp³-hybridized carbons (Fsp3) is 0.0526. The van der Waals surface area contributed by atoms with Gasteiger partial charge < -0.3 is 5.32 Å². The number of aryl methyl sites for hydroxylation is 1. The van der Waals surface area contributed by atoms with Gasteiger partial charge in [0.05, 0.1) is 4.90 Å². The molecule has 1 aromatic heterocycles. The molecule has 0 fully saturated rings. The molecule has 0 saturated heterocycles. The van der Waals surface area contributed by atoms with Gasteiger partial charge in [0.25, 0.3) is 15.9 Å². The zero-order valence-corrected chi connectivity index (χ0v) is 15.9. The van der Waals surface area contributed by atoms with Gasteiger partial charge in [-0.2, -0.15) is 0 Å². The largest absolute Gasteiger partial charge is 0.307 e. The smallest absolute Gasteiger partial charge is 0.261 e. The van der Waals surface area contributed by atoms with Crippen LogP contribution in [-0.2, 0) is 10.0 Å². The second kappa shape index (κ2) is 7.77. The number of sulfonamides is 1. The van der Waals surface area contributed by atoms with E-state index < -0.39 is 10.0 Å². The number of carbonyl (C=O) groups excluding carboxylic acids is 1. The Labute approximate surface area is 162 Å².